The van der Waals surface area contributed by atoms with Crippen molar-refractivity contribution in [3.63, 3.8) is 0 Å². The number of hydrogen-bond donors (Lipinski definition) is 1. The maximum atomic E-state index is 12.6. The summed E-state index contributed by atoms with van der Waals surface area (Å²) in [5.74, 6) is 0.878. The molecule has 1 aromatic carbocycles. The van der Waals surface area contributed by atoms with Crippen LogP contribution in [0.5, 0.6) is 0 Å². The Bertz CT molecular complexity index is 479. The van der Waals surface area contributed by atoms with Gasteiger partial charge in [-0.3, -0.25) is 4.79 Å². The average molecular weight is 243 g/mol. The summed E-state index contributed by atoms with van der Waals surface area (Å²) >= 11 is 0. The Kier molecular flexibility index (Phi) is 2.35. The van der Waals surface area contributed by atoms with E-state index in [0.717, 1.165) is 12.1 Å². The first-order valence-electron chi connectivity index (χ1n) is 6.83. The van der Waals surface area contributed by atoms with Gasteiger partial charge in [-0.2, -0.15) is 0 Å². The molecule has 18 heavy (non-hydrogen) atoms. The Labute approximate surface area is 109 Å². The third-order valence-corrected chi connectivity index (χ3v) is 5.63. The predicted octanol–water partition coefficient (Wildman–Crippen LogP) is 3.49. The first-order valence-corrected chi connectivity index (χ1v) is 6.83. The highest BCUT2D eigenvalue weighted by Crippen LogP contribution is 2.63. The van der Waals surface area contributed by atoms with Gasteiger partial charge in [0.25, 0.3) is 0 Å². The van der Waals surface area contributed by atoms with Crippen molar-refractivity contribution < 1.29 is 4.79 Å². The fraction of sp³-hybridized carbons (Fsp3) is 0.562. The van der Waals surface area contributed by atoms with Crippen LogP contribution in [0, 0.1) is 16.7 Å². The van der Waals surface area contributed by atoms with Crippen molar-refractivity contribution in [3.8, 4) is 0 Å². The van der Waals surface area contributed by atoms with Gasteiger partial charge in [0.1, 0.15) is 0 Å². The van der Waals surface area contributed by atoms with E-state index in [2.05, 4.69) is 26.1 Å². The number of benzene rings is 1. The van der Waals surface area contributed by atoms with Crippen molar-refractivity contribution in [1.29, 1.82) is 0 Å². The summed E-state index contributed by atoms with van der Waals surface area (Å²) in [4.78, 5) is 12.6. The predicted molar refractivity (Wildman–Crippen MR) is 73.5 cm³/mol. The molecular weight excluding hydrogens is 222 g/mol. The lowest BCUT2D eigenvalue weighted by molar-refractivity contribution is -0.128. The van der Waals surface area contributed by atoms with Crippen LogP contribution in [0.15, 0.2) is 30.3 Å². The third kappa shape index (κ3) is 1.32. The smallest absolute Gasteiger partial charge is 0.161 e. The number of ketones is 1. The molecule has 2 bridgehead atoms. The Morgan fingerprint density at radius 2 is 1.83 bits per heavy atom. The molecule has 2 aliphatic rings. The van der Waals surface area contributed by atoms with Gasteiger partial charge in [0.15, 0.2) is 5.78 Å². The summed E-state index contributed by atoms with van der Waals surface area (Å²) in [6.07, 6.45) is 2.22. The molecule has 0 aliphatic heterocycles. The summed E-state index contributed by atoms with van der Waals surface area (Å²) in [6.45, 7) is 6.67. The molecular formula is C16H21NO. The molecule has 2 heteroatoms. The van der Waals surface area contributed by atoms with Gasteiger partial charge in [0.2, 0.25) is 0 Å². The van der Waals surface area contributed by atoms with Gasteiger partial charge >= 0.3 is 0 Å². The van der Waals surface area contributed by atoms with E-state index >= 15 is 0 Å². The third-order valence-electron chi connectivity index (χ3n) is 5.63. The highest BCUT2D eigenvalue weighted by atomic mass is 16.1. The summed E-state index contributed by atoms with van der Waals surface area (Å²) in [5, 5.41) is 3.45. The van der Waals surface area contributed by atoms with Crippen LogP contribution in [-0.2, 0) is 4.79 Å². The van der Waals surface area contributed by atoms with Gasteiger partial charge in [0.05, 0.1) is 6.04 Å². The number of carbonyl (C=O) groups is 1. The molecule has 0 radical (unpaired) electrons. The number of rotatable bonds is 2. The van der Waals surface area contributed by atoms with Crippen LogP contribution in [0.1, 0.15) is 33.6 Å². The largest absolute Gasteiger partial charge is 0.375 e. The minimum absolute atomic E-state index is 0.00106. The maximum absolute atomic E-state index is 12.6. The van der Waals surface area contributed by atoms with Crippen LogP contribution in [0.2, 0.25) is 0 Å². The zero-order chi connectivity index (χ0) is 13.0. The van der Waals surface area contributed by atoms with Crippen molar-refractivity contribution in [1.82, 2.24) is 0 Å². The number of nitrogens with one attached hydrogen (secondary N) is 1. The van der Waals surface area contributed by atoms with E-state index in [1.54, 1.807) is 0 Å². The molecule has 0 spiro atoms. The Hall–Kier alpha value is -1.31. The molecule has 2 saturated carbocycles. The van der Waals surface area contributed by atoms with Crippen LogP contribution >= 0.6 is 0 Å². The molecule has 0 heterocycles. The fourth-order valence-corrected chi connectivity index (χ4v) is 3.97. The average Bonchev–Trinajstić information content (AvgIpc) is 2.65. The van der Waals surface area contributed by atoms with E-state index in [1.165, 1.54) is 6.42 Å². The molecule has 1 aromatic rings. The summed E-state index contributed by atoms with van der Waals surface area (Å²) in [5.41, 5.74) is 1.04. The van der Waals surface area contributed by atoms with Crippen LogP contribution in [-0.4, -0.2) is 11.8 Å². The van der Waals surface area contributed by atoms with E-state index in [1.807, 2.05) is 30.3 Å². The van der Waals surface area contributed by atoms with Crippen LogP contribution in [0.25, 0.3) is 0 Å². The first-order chi connectivity index (χ1) is 8.47. The van der Waals surface area contributed by atoms with E-state index in [9.17, 15) is 4.79 Å². The minimum Gasteiger partial charge on any atom is -0.375 e. The zero-order valence-corrected chi connectivity index (χ0v) is 11.4. The lowest BCUT2D eigenvalue weighted by atomic mass is 9.70. The minimum atomic E-state index is -0.135. The number of carbonyl (C=O) groups excluding carboxylic acids is 1. The van der Waals surface area contributed by atoms with Crippen molar-refractivity contribution in [2.75, 3.05) is 5.32 Å². The molecule has 3 rings (SSSR count). The lowest BCUT2D eigenvalue weighted by Crippen LogP contribution is -2.38. The topological polar surface area (TPSA) is 29.1 Å². The van der Waals surface area contributed by atoms with Gasteiger partial charge in [-0.15, -0.1) is 0 Å². The van der Waals surface area contributed by atoms with Gasteiger partial charge in [-0.05, 0) is 36.3 Å². The quantitative estimate of drug-likeness (QED) is 0.861. The SMILES string of the molecule is CC1(C)[C@@H]2CC[C@@]1(C)C(=O)[C@H]2Nc1ccccc1. The Balaban J connectivity index is 1.90. The van der Waals surface area contributed by atoms with Crippen LogP contribution < -0.4 is 5.32 Å². The Morgan fingerprint density at radius 3 is 2.39 bits per heavy atom. The maximum Gasteiger partial charge on any atom is 0.161 e. The van der Waals surface area contributed by atoms with E-state index in [4.69, 9.17) is 0 Å². The standard InChI is InChI=1S/C16H21NO/c1-15(2)12-9-10-16(15,3)14(18)13(12)17-11-7-5-4-6-8-11/h4-8,12-13,17H,9-10H2,1-3H3/t12-,13+,16+/m1/s1. The van der Waals surface area contributed by atoms with Crippen molar-refractivity contribution in [2.45, 2.75) is 39.7 Å². The number of anilines is 1. The number of Topliss-reactive ketones (excluding diaryl/α,β-unsaturated/α-hetero) is 1. The molecule has 96 valence electrons. The Morgan fingerprint density at radius 1 is 1.17 bits per heavy atom. The number of fused-ring (bicyclic) bond motifs is 2. The normalized spacial score (nSPS) is 36.9. The highest BCUT2D eigenvalue weighted by molar-refractivity contribution is 5.96. The second-order valence-electron chi connectivity index (χ2n) is 6.55. The van der Waals surface area contributed by atoms with Crippen molar-refractivity contribution in [3.05, 3.63) is 30.3 Å². The molecule has 1 N–H and O–H groups in total. The van der Waals surface area contributed by atoms with Crippen LogP contribution in [0.3, 0.4) is 0 Å². The summed E-state index contributed by atoms with van der Waals surface area (Å²) < 4.78 is 0. The lowest BCUT2D eigenvalue weighted by Gasteiger charge is -2.32. The van der Waals surface area contributed by atoms with Gasteiger partial charge < -0.3 is 5.32 Å². The van der Waals surface area contributed by atoms with E-state index in [-0.39, 0.29) is 16.9 Å². The number of hydrogen-bond acceptors (Lipinski definition) is 2. The van der Waals surface area contributed by atoms with Gasteiger partial charge in [0, 0.05) is 11.1 Å². The first kappa shape index (κ1) is 11.8. The molecule has 0 unspecified atom stereocenters. The van der Waals surface area contributed by atoms with Crippen molar-refractivity contribution in [2.24, 2.45) is 16.7 Å². The summed E-state index contributed by atoms with van der Waals surface area (Å²) in [6, 6.07) is 10.1. The molecule has 2 fully saturated rings. The van der Waals surface area contributed by atoms with Crippen molar-refractivity contribution >= 4 is 11.5 Å². The molecule has 0 saturated heterocycles. The van der Waals surface area contributed by atoms with E-state index < -0.39 is 0 Å². The fourth-order valence-electron chi connectivity index (χ4n) is 3.97. The van der Waals surface area contributed by atoms with Crippen LogP contribution in [0.4, 0.5) is 5.69 Å². The summed E-state index contributed by atoms with van der Waals surface area (Å²) in [7, 11) is 0. The van der Waals surface area contributed by atoms with Gasteiger partial charge in [-0.1, -0.05) is 39.0 Å². The molecule has 0 amide bonds. The molecule has 0 aromatic heterocycles. The zero-order valence-electron chi connectivity index (χ0n) is 11.4. The molecule has 3 atom stereocenters. The highest BCUT2D eigenvalue weighted by Gasteiger charge is 2.66. The second-order valence-corrected chi connectivity index (χ2v) is 6.55. The number of para-hydroxylation sites is 1. The monoisotopic (exact) mass is 243 g/mol. The van der Waals surface area contributed by atoms with E-state index in [0.29, 0.717) is 11.7 Å². The second kappa shape index (κ2) is 3.59. The molecule has 2 aliphatic carbocycles. The molecule has 2 nitrogen and oxygen atoms in total. The van der Waals surface area contributed by atoms with Gasteiger partial charge in [-0.25, -0.2) is 0 Å².